The molecule has 0 radical (unpaired) electrons. The second kappa shape index (κ2) is 3.45. The minimum atomic E-state index is -1.95. The van der Waals surface area contributed by atoms with Gasteiger partial charge in [0.1, 0.15) is 5.76 Å². The van der Waals surface area contributed by atoms with E-state index in [1.807, 2.05) is 12.1 Å². The van der Waals surface area contributed by atoms with Crippen LogP contribution < -0.4 is 0 Å². The van der Waals surface area contributed by atoms with Gasteiger partial charge < -0.3 is 4.42 Å². The molecule has 0 aliphatic rings. The first-order chi connectivity index (χ1) is 5.08. The number of thiol groups is 1. The first-order valence-corrected chi connectivity index (χ1v) is 7.49. The van der Waals surface area contributed by atoms with Crippen molar-refractivity contribution in [3.8, 4) is 0 Å². The first-order valence-electron chi connectivity index (χ1n) is 3.30. The smallest absolute Gasteiger partial charge is 0.114 e. The third kappa shape index (κ3) is 3.62. The lowest BCUT2D eigenvalue weighted by Crippen LogP contribution is -1.98. The minimum absolute atomic E-state index is 0.706. The topological polar surface area (TPSA) is 30.2 Å². The van der Waals surface area contributed by atoms with Gasteiger partial charge in [0.05, 0.1) is 12.0 Å². The van der Waals surface area contributed by atoms with Crippen molar-refractivity contribution >= 4 is 19.8 Å². The van der Waals surface area contributed by atoms with Crippen LogP contribution in [-0.2, 0) is 14.7 Å². The van der Waals surface area contributed by atoms with Crippen LogP contribution in [0.1, 0.15) is 5.76 Å². The molecule has 0 unspecified atom stereocenters. The monoisotopic (exact) mass is 192 g/mol. The Morgan fingerprint density at radius 2 is 2.36 bits per heavy atom. The molecule has 2 nitrogen and oxygen atoms in total. The van der Waals surface area contributed by atoms with Crippen LogP contribution in [0.4, 0.5) is 0 Å². The van der Waals surface area contributed by atoms with Crippen LogP contribution >= 0.6 is 10.8 Å². The van der Waals surface area contributed by atoms with Crippen molar-refractivity contribution in [1.29, 1.82) is 0 Å². The van der Waals surface area contributed by atoms with E-state index in [1.54, 1.807) is 18.8 Å². The highest BCUT2D eigenvalue weighted by atomic mass is 33.2. The zero-order chi connectivity index (χ0) is 8.32. The highest BCUT2D eigenvalue weighted by Gasteiger charge is 2.02. The lowest BCUT2D eigenvalue weighted by atomic mass is 10.5. The van der Waals surface area contributed by atoms with E-state index in [9.17, 15) is 4.21 Å². The van der Waals surface area contributed by atoms with Crippen molar-refractivity contribution in [1.82, 2.24) is 0 Å². The summed E-state index contributed by atoms with van der Waals surface area (Å²) >= 11 is 0. The molecule has 0 saturated carbocycles. The Labute approximate surface area is 71.2 Å². The molecule has 1 aromatic rings. The molecule has 1 heterocycles. The molecule has 11 heavy (non-hydrogen) atoms. The maximum atomic E-state index is 11.2. The standard InChI is InChI=1S/C7H12O2S2/c1-11(2,8)10-6-7-4-3-5-9-7/h3-5,11H,6H2,1-2H3. The van der Waals surface area contributed by atoms with E-state index in [0.29, 0.717) is 5.75 Å². The van der Waals surface area contributed by atoms with Crippen LogP contribution in [0, 0.1) is 0 Å². The molecular formula is C7H12O2S2. The summed E-state index contributed by atoms with van der Waals surface area (Å²) in [5.74, 6) is 1.59. The highest BCUT2D eigenvalue weighted by molar-refractivity contribution is 8.76. The summed E-state index contributed by atoms with van der Waals surface area (Å²) < 4.78 is 16.3. The van der Waals surface area contributed by atoms with E-state index in [-0.39, 0.29) is 0 Å². The average Bonchev–Trinajstić information content (AvgIpc) is 2.32. The quantitative estimate of drug-likeness (QED) is 0.584. The minimum Gasteiger partial charge on any atom is -0.468 e. The van der Waals surface area contributed by atoms with E-state index in [4.69, 9.17) is 4.42 Å². The summed E-state index contributed by atoms with van der Waals surface area (Å²) in [6.07, 6.45) is 5.16. The fraction of sp³-hybridized carbons (Fsp3) is 0.429. The molecule has 0 fully saturated rings. The van der Waals surface area contributed by atoms with Crippen molar-refractivity contribution in [3.05, 3.63) is 24.2 Å². The zero-order valence-corrected chi connectivity index (χ0v) is 8.32. The van der Waals surface area contributed by atoms with E-state index in [2.05, 4.69) is 0 Å². The van der Waals surface area contributed by atoms with Gasteiger partial charge in [-0.1, -0.05) is 19.8 Å². The number of hydrogen-bond acceptors (Lipinski definition) is 3. The van der Waals surface area contributed by atoms with Crippen LogP contribution in [0.2, 0.25) is 0 Å². The summed E-state index contributed by atoms with van der Waals surface area (Å²) in [4.78, 5) is 0. The predicted octanol–water partition coefficient (Wildman–Crippen LogP) is 1.70. The molecular weight excluding hydrogens is 180 g/mol. The Kier molecular flexibility index (Phi) is 2.78. The lowest BCUT2D eigenvalue weighted by molar-refractivity contribution is 0.530. The molecule has 0 bridgehead atoms. The summed E-state index contributed by atoms with van der Waals surface area (Å²) in [6, 6.07) is 3.73. The second-order valence-corrected chi connectivity index (χ2v) is 9.07. The van der Waals surface area contributed by atoms with Crippen molar-refractivity contribution < 1.29 is 8.63 Å². The Bertz CT molecular complexity index is 247. The molecule has 0 aromatic carbocycles. The van der Waals surface area contributed by atoms with E-state index in [0.717, 1.165) is 5.76 Å². The fourth-order valence-electron chi connectivity index (χ4n) is 0.614. The molecule has 0 aliphatic heterocycles. The molecule has 0 amide bonds. The van der Waals surface area contributed by atoms with Gasteiger partial charge in [0.2, 0.25) is 0 Å². The number of rotatable bonds is 3. The van der Waals surface area contributed by atoms with Gasteiger partial charge in [0, 0.05) is 0 Å². The average molecular weight is 192 g/mol. The molecule has 1 aromatic heterocycles. The van der Waals surface area contributed by atoms with Gasteiger partial charge in [-0.25, -0.2) is 0 Å². The largest absolute Gasteiger partial charge is 0.468 e. The van der Waals surface area contributed by atoms with Crippen molar-refractivity contribution in [2.45, 2.75) is 5.75 Å². The molecule has 0 atom stereocenters. The van der Waals surface area contributed by atoms with Gasteiger partial charge in [0.15, 0.2) is 0 Å². The summed E-state index contributed by atoms with van der Waals surface area (Å²) in [7, 11) is -0.497. The van der Waals surface area contributed by atoms with E-state index in [1.165, 1.54) is 10.8 Å². The SMILES string of the molecule is C[SH](C)(=O)SCc1ccco1. The van der Waals surface area contributed by atoms with Crippen molar-refractivity contribution in [2.24, 2.45) is 0 Å². The third-order valence-electron chi connectivity index (χ3n) is 1.10. The highest BCUT2D eigenvalue weighted by Crippen LogP contribution is 2.21. The fourth-order valence-corrected chi connectivity index (χ4v) is 2.53. The van der Waals surface area contributed by atoms with Gasteiger partial charge in [-0.05, 0) is 24.6 Å². The van der Waals surface area contributed by atoms with Gasteiger partial charge in [-0.2, -0.15) is 0 Å². The first kappa shape index (κ1) is 8.87. The lowest BCUT2D eigenvalue weighted by Gasteiger charge is -2.08. The van der Waals surface area contributed by atoms with Gasteiger partial charge in [-0.15, -0.1) is 0 Å². The Balaban J connectivity index is 2.41. The molecule has 0 saturated heterocycles. The van der Waals surface area contributed by atoms with Crippen LogP contribution in [0.15, 0.2) is 22.8 Å². The summed E-state index contributed by atoms with van der Waals surface area (Å²) in [6.45, 7) is 0. The van der Waals surface area contributed by atoms with E-state index >= 15 is 0 Å². The summed E-state index contributed by atoms with van der Waals surface area (Å²) in [5, 5.41) is 0. The normalized spacial score (nSPS) is 13.3. The van der Waals surface area contributed by atoms with Crippen molar-refractivity contribution in [2.75, 3.05) is 12.5 Å². The Morgan fingerprint density at radius 1 is 1.64 bits per heavy atom. The number of furan rings is 1. The predicted molar refractivity (Wildman–Crippen MR) is 51.4 cm³/mol. The Morgan fingerprint density at radius 3 is 2.82 bits per heavy atom. The maximum Gasteiger partial charge on any atom is 0.114 e. The van der Waals surface area contributed by atoms with E-state index < -0.39 is 8.96 Å². The third-order valence-corrected chi connectivity index (χ3v) is 4.39. The molecule has 4 heteroatoms. The van der Waals surface area contributed by atoms with Crippen LogP contribution in [0.5, 0.6) is 0 Å². The van der Waals surface area contributed by atoms with Gasteiger partial charge in [0.25, 0.3) is 0 Å². The van der Waals surface area contributed by atoms with Crippen molar-refractivity contribution in [3.63, 3.8) is 0 Å². The maximum absolute atomic E-state index is 11.2. The number of hydrogen-bond donors (Lipinski definition) is 1. The van der Waals surface area contributed by atoms with Gasteiger partial charge >= 0.3 is 0 Å². The molecule has 1 rings (SSSR count). The zero-order valence-electron chi connectivity index (χ0n) is 6.61. The molecule has 0 N–H and O–H groups in total. The van der Waals surface area contributed by atoms with Crippen LogP contribution in [0.25, 0.3) is 0 Å². The molecule has 64 valence electrons. The summed E-state index contributed by atoms with van der Waals surface area (Å²) in [5.41, 5.74) is 0. The van der Waals surface area contributed by atoms with Crippen LogP contribution in [0.3, 0.4) is 0 Å². The Hall–Kier alpha value is -0.220. The molecule has 0 aliphatic carbocycles. The second-order valence-electron chi connectivity index (χ2n) is 2.60. The van der Waals surface area contributed by atoms with Crippen LogP contribution in [-0.4, -0.2) is 16.7 Å². The molecule has 0 spiro atoms. The van der Waals surface area contributed by atoms with Gasteiger partial charge in [-0.3, -0.25) is 4.21 Å².